The molecule has 3 heterocycles. The normalized spacial score (nSPS) is 21.6. The zero-order valence-corrected chi connectivity index (χ0v) is 19.3. The van der Waals surface area contributed by atoms with Crippen LogP contribution in [0.25, 0.3) is 0 Å². The zero-order chi connectivity index (χ0) is 23.4. The van der Waals surface area contributed by atoms with E-state index in [9.17, 15) is 14.4 Å². The monoisotopic (exact) mass is 452 g/mol. The third-order valence-corrected chi connectivity index (χ3v) is 6.35. The molecule has 3 amide bonds. The minimum Gasteiger partial charge on any atom is -0.459 e. The van der Waals surface area contributed by atoms with Crippen molar-refractivity contribution in [2.45, 2.75) is 20.3 Å². The van der Waals surface area contributed by atoms with Crippen molar-refractivity contribution >= 4 is 23.4 Å². The van der Waals surface area contributed by atoms with Gasteiger partial charge in [0.1, 0.15) is 0 Å². The van der Waals surface area contributed by atoms with E-state index in [0.29, 0.717) is 55.8 Å². The van der Waals surface area contributed by atoms with Crippen molar-refractivity contribution in [2.75, 3.05) is 51.1 Å². The Balaban J connectivity index is 1.28. The molecule has 2 aliphatic rings. The summed E-state index contributed by atoms with van der Waals surface area (Å²) in [4.78, 5) is 43.9. The van der Waals surface area contributed by atoms with Crippen LogP contribution in [0.1, 0.15) is 41.2 Å². The first kappa shape index (κ1) is 23.0. The van der Waals surface area contributed by atoms with Crippen LogP contribution in [-0.4, -0.2) is 78.2 Å². The first-order valence-electron chi connectivity index (χ1n) is 11.6. The van der Waals surface area contributed by atoms with Crippen LogP contribution in [0.5, 0.6) is 0 Å². The molecule has 2 aromatic rings. The van der Waals surface area contributed by atoms with Crippen molar-refractivity contribution in [3.05, 3.63) is 54.0 Å². The molecule has 2 saturated heterocycles. The predicted octanol–water partition coefficient (Wildman–Crippen LogP) is 2.79. The van der Waals surface area contributed by atoms with E-state index in [1.807, 2.05) is 4.90 Å². The van der Waals surface area contributed by atoms with Crippen molar-refractivity contribution in [1.82, 2.24) is 14.7 Å². The van der Waals surface area contributed by atoms with E-state index in [-0.39, 0.29) is 23.5 Å². The van der Waals surface area contributed by atoms with Gasteiger partial charge in [0.05, 0.1) is 12.8 Å². The number of rotatable bonds is 5. The smallest absolute Gasteiger partial charge is 0.291 e. The molecule has 8 heteroatoms. The lowest BCUT2D eigenvalue weighted by molar-refractivity contribution is -0.135. The minimum atomic E-state index is -0.361. The average Bonchev–Trinajstić information content (AvgIpc) is 3.34. The van der Waals surface area contributed by atoms with Crippen LogP contribution in [0.15, 0.2) is 47.1 Å². The van der Waals surface area contributed by atoms with Gasteiger partial charge in [0.25, 0.3) is 11.8 Å². The van der Waals surface area contributed by atoms with Crippen molar-refractivity contribution in [1.29, 1.82) is 0 Å². The summed E-state index contributed by atoms with van der Waals surface area (Å²) in [6, 6.07) is 10.2. The number of carbonyl (C=O) groups excluding carboxylic acids is 3. The number of piperidine rings is 1. The number of piperazine rings is 1. The van der Waals surface area contributed by atoms with Gasteiger partial charge in [-0.1, -0.05) is 19.9 Å². The van der Waals surface area contributed by atoms with Crippen LogP contribution >= 0.6 is 0 Å². The highest BCUT2D eigenvalue weighted by atomic mass is 16.3. The SMILES string of the molecule is CC1CC(C)CN(C(=O)CN2CCN(C(=O)c3cccc(NC(=O)c4ccco4)c3)CC2)C1. The lowest BCUT2D eigenvalue weighted by Crippen LogP contribution is -2.53. The van der Waals surface area contributed by atoms with Gasteiger partial charge in [0.2, 0.25) is 5.91 Å². The van der Waals surface area contributed by atoms with Crippen molar-refractivity contribution in [2.24, 2.45) is 11.8 Å². The highest BCUT2D eigenvalue weighted by Gasteiger charge is 2.28. The number of furan rings is 1. The van der Waals surface area contributed by atoms with E-state index in [1.54, 1.807) is 41.3 Å². The maximum atomic E-state index is 13.0. The van der Waals surface area contributed by atoms with E-state index < -0.39 is 0 Å². The van der Waals surface area contributed by atoms with Gasteiger partial charge in [-0.25, -0.2) is 0 Å². The number of nitrogens with zero attached hydrogens (tertiary/aromatic N) is 3. The summed E-state index contributed by atoms with van der Waals surface area (Å²) in [7, 11) is 0. The molecule has 176 valence electrons. The predicted molar refractivity (Wildman–Crippen MR) is 125 cm³/mol. The van der Waals surface area contributed by atoms with Gasteiger partial charge in [0, 0.05) is 50.5 Å². The third-order valence-electron chi connectivity index (χ3n) is 6.35. The number of hydrogen-bond acceptors (Lipinski definition) is 5. The van der Waals surface area contributed by atoms with Crippen molar-refractivity contribution in [3.8, 4) is 0 Å². The highest BCUT2D eigenvalue weighted by Crippen LogP contribution is 2.21. The van der Waals surface area contributed by atoms with Gasteiger partial charge in [-0.15, -0.1) is 0 Å². The fourth-order valence-corrected chi connectivity index (χ4v) is 4.78. The van der Waals surface area contributed by atoms with Gasteiger partial charge in [-0.3, -0.25) is 19.3 Å². The van der Waals surface area contributed by atoms with E-state index in [0.717, 1.165) is 13.1 Å². The molecule has 0 radical (unpaired) electrons. The van der Waals surface area contributed by atoms with Crippen LogP contribution in [0.2, 0.25) is 0 Å². The summed E-state index contributed by atoms with van der Waals surface area (Å²) in [5.74, 6) is 1.06. The standard InChI is InChI=1S/C25H32N4O4/c1-18-13-19(2)16-29(15-18)23(30)17-27-8-10-28(11-9-27)25(32)20-5-3-6-21(14-20)26-24(31)22-7-4-12-33-22/h3-7,12,14,18-19H,8-11,13,15-17H2,1-2H3,(H,26,31). The lowest BCUT2D eigenvalue weighted by atomic mass is 9.92. The number of likely N-dealkylation sites (tertiary alicyclic amines) is 1. The van der Waals surface area contributed by atoms with E-state index in [2.05, 4.69) is 24.1 Å². The van der Waals surface area contributed by atoms with Gasteiger partial charge < -0.3 is 19.5 Å². The van der Waals surface area contributed by atoms with Crippen LogP contribution in [0.4, 0.5) is 5.69 Å². The Bertz CT molecular complexity index is 972. The summed E-state index contributed by atoms with van der Waals surface area (Å²) in [5, 5.41) is 2.75. The Morgan fingerprint density at radius 1 is 0.970 bits per heavy atom. The molecule has 0 saturated carbocycles. The molecule has 0 bridgehead atoms. The summed E-state index contributed by atoms with van der Waals surface area (Å²) < 4.78 is 5.11. The number of hydrogen-bond donors (Lipinski definition) is 1. The first-order chi connectivity index (χ1) is 15.9. The average molecular weight is 453 g/mol. The fourth-order valence-electron chi connectivity index (χ4n) is 4.78. The van der Waals surface area contributed by atoms with Crippen molar-refractivity contribution in [3.63, 3.8) is 0 Å². The van der Waals surface area contributed by atoms with E-state index in [4.69, 9.17) is 4.42 Å². The number of carbonyl (C=O) groups is 3. The minimum absolute atomic E-state index is 0.0752. The summed E-state index contributed by atoms with van der Waals surface area (Å²) in [6.07, 6.45) is 2.62. The molecule has 33 heavy (non-hydrogen) atoms. The first-order valence-corrected chi connectivity index (χ1v) is 11.6. The number of nitrogens with one attached hydrogen (secondary N) is 1. The van der Waals surface area contributed by atoms with E-state index in [1.165, 1.54) is 12.7 Å². The Hall–Kier alpha value is -3.13. The maximum absolute atomic E-state index is 13.0. The molecule has 1 aromatic carbocycles. The van der Waals surface area contributed by atoms with Crippen LogP contribution < -0.4 is 5.32 Å². The van der Waals surface area contributed by atoms with Gasteiger partial charge in [-0.2, -0.15) is 0 Å². The highest BCUT2D eigenvalue weighted by molar-refractivity contribution is 6.03. The Morgan fingerprint density at radius 3 is 2.36 bits per heavy atom. The molecule has 8 nitrogen and oxygen atoms in total. The second kappa shape index (κ2) is 10.2. The maximum Gasteiger partial charge on any atom is 0.291 e. The second-order valence-corrected chi connectivity index (χ2v) is 9.33. The summed E-state index contributed by atoms with van der Waals surface area (Å²) in [5.41, 5.74) is 1.06. The molecule has 1 N–H and O–H groups in total. The van der Waals surface area contributed by atoms with Crippen LogP contribution in [0.3, 0.4) is 0 Å². The van der Waals surface area contributed by atoms with Gasteiger partial charge in [-0.05, 0) is 48.6 Å². The number of benzene rings is 1. The molecule has 2 atom stereocenters. The Labute approximate surface area is 194 Å². The lowest BCUT2D eigenvalue weighted by Gasteiger charge is -2.38. The summed E-state index contributed by atoms with van der Waals surface area (Å²) in [6.45, 7) is 8.99. The Kier molecular flexibility index (Phi) is 7.13. The third kappa shape index (κ3) is 5.82. The van der Waals surface area contributed by atoms with Crippen LogP contribution in [0, 0.1) is 11.8 Å². The molecule has 2 unspecified atom stereocenters. The second-order valence-electron chi connectivity index (χ2n) is 9.33. The molecule has 0 aliphatic carbocycles. The van der Waals surface area contributed by atoms with Gasteiger partial charge >= 0.3 is 0 Å². The molecular weight excluding hydrogens is 420 g/mol. The number of amides is 3. The largest absolute Gasteiger partial charge is 0.459 e. The molecule has 2 aliphatic heterocycles. The Morgan fingerprint density at radius 2 is 1.70 bits per heavy atom. The van der Waals surface area contributed by atoms with Crippen LogP contribution in [-0.2, 0) is 4.79 Å². The quantitative estimate of drug-likeness (QED) is 0.754. The van der Waals surface area contributed by atoms with Gasteiger partial charge in [0.15, 0.2) is 5.76 Å². The zero-order valence-electron chi connectivity index (χ0n) is 19.3. The summed E-state index contributed by atoms with van der Waals surface area (Å²) >= 11 is 0. The molecule has 2 fully saturated rings. The molecule has 1 aromatic heterocycles. The number of anilines is 1. The van der Waals surface area contributed by atoms with E-state index >= 15 is 0 Å². The molecule has 4 rings (SSSR count). The topological polar surface area (TPSA) is 86.1 Å². The molecule has 0 spiro atoms. The van der Waals surface area contributed by atoms with Crippen molar-refractivity contribution < 1.29 is 18.8 Å². The fraction of sp³-hybridized carbons (Fsp3) is 0.480. The molecular formula is C25H32N4O4.